The first-order valence-electron chi connectivity index (χ1n) is 7.35. The number of benzene rings is 3. The second kappa shape index (κ2) is 5.05. The van der Waals surface area contributed by atoms with Gasteiger partial charge in [0.1, 0.15) is 5.60 Å². The van der Waals surface area contributed by atoms with Crippen molar-refractivity contribution in [3.05, 3.63) is 106 Å². The first-order valence-corrected chi connectivity index (χ1v) is 7.73. The molecule has 0 spiro atoms. The summed E-state index contributed by atoms with van der Waals surface area (Å²) in [5.74, 6) is -0.112. The number of rotatable bonds is 1. The van der Waals surface area contributed by atoms with Crippen molar-refractivity contribution in [2.45, 2.75) is 5.60 Å². The van der Waals surface area contributed by atoms with E-state index in [1.165, 1.54) is 0 Å². The van der Waals surface area contributed by atoms with Crippen LogP contribution in [0.2, 0.25) is 5.02 Å². The Hall–Kier alpha value is -2.42. The first kappa shape index (κ1) is 14.2. The summed E-state index contributed by atoms with van der Waals surface area (Å²) in [7, 11) is 0. The second-order valence-electron chi connectivity index (χ2n) is 5.61. The van der Waals surface area contributed by atoms with E-state index < -0.39 is 5.60 Å². The highest BCUT2D eigenvalue weighted by molar-refractivity contribution is 6.32. The fraction of sp³-hybridized carbons (Fsp3) is 0.0500. The maximum absolute atomic E-state index is 12.8. The van der Waals surface area contributed by atoms with E-state index >= 15 is 0 Å². The van der Waals surface area contributed by atoms with Crippen LogP contribution in [0.15, 0.2) is 72.8 Å². The smallest absolute Gasteiger partial charge is 0.193 e. The van der Waals surface area contributed by atoms with Crippen molar-refractivity contribution in [1.82, 2.24) is 0 Å². The van der Waals surface area contributed by atoms with Crippen LogP contribution in [0.1, 0.15) is 32.6 Å². The van der Waals surface area contributed by atoms with Gasteiger partial charge in [0.25, 0.3) is 0 Å². The van der Waals surface area contributed by atoms with Crippen molar-refractivity contribution in [3.8, 4) is 0 Å². The molecule has 1 N–H and O–H groups in total. The van der Waals surface area contributed by atoms with Gasteiger partial charge in [0, 0.05) is 27.3 Å². The summed E-state index contributed by atoms with van der Waals surface area (Å²) >= 11 is 6.40. The number of aliphatic hydroxyl groups is 1. The molecule has 1 aliphatic rings. The molecule has 0 heterocycles. The minimum absolute atomic E-state index is 0.112. The Morgan fingerprint density at radius 2 is 1.43 bits per heavy atom. The van der Waals surface area contributed by atoms with E-state index in [4.69, 9.17) is 11.6 Å². The minimum atomic E-state index is -1.44. The Morgan fingerprint density at radius 1 is 0.783 bits per heavy atom. The highest BCUT2D eigenvalue weighted by Crippen LogP contribution is 2.46. The van der Waals surface area contributed by atoms with Crippen LogP contribution in [-0.2, 0) is 5.60 Å². The van der Waals surface area contributed by atoms with Gasteiger partial charge in [-0.3, -0.25) is 4.79 Å². The zero-order valence-corrected chi connectivity index (χ0v) is 12.9. The molecule has 3 heteroatoms. The minimum Gasteiger partial charge on any atom is -0.376 e. The average Bonchev–Trinajstić information content (AvgIpc) is 2.60. The van der Waals surface area contributed by atoms with Gasteiger partial charge in [-0.1, -0.05) is 78.3 Å². The lowest BCUT2D eigenvalue weighted by Crippen LogP contribution is -2.37. The van der Waals surface area contributed by atoms with Gasteiger partial charge in [0.2, 0.25) is 0 Å². The summed E-state index contributed by atoms with van der Waals surface area (Å²) in [4.78, 5) is 12.8. The van der Waals surface area contributed by atoms with Gasteiger partial charge in [-0.05, 0) is 11.6 Å². The van der Waals surface area contributed by atoms with Crippen LogP contribution in [0.5, 0.6) is 0 Å². The number of hydrogen-bond donors (Lipinski definition) is 1. The molecule has 1 aliphatic carbocycles. The standard InChI is InChI=1S/C20H13ClO2/c21-17-12-6-10-15-18(17)20(23,13-7-2-1-3-8-13)16-11-5-4-9-14(16)19(15)22/h1-12,23H/t20-/m1/s1. The molecule has 0 unspecified atom stereocenters. The van der Waals surface area contributed by atoms with Gasteiger partial charge in [0.15, 0.2) is 5.78 Å². The lowest BCUT2D eigenvalue weighted by atomic mass is 9.71. The lowest BCUT2D eigenvalue weighted by Gasteiger charge is -2.37. The van der Waals surface area contributed by atoms with Crippen molar-refractivity contribution < 1.29 is 9.90 Å². The zero-order valence-electron chi connectivity index (χ0n) is 12.2. The van der Waals surface area contributed by atoms with E-state index in [1.807, 2.05) is 36.4 Å². The predicted octanol–water partition coefficient (Wildman–Crippen LogP) is 4.17. The Balaban J connectivity index is 2.15. The molecule has 0 radical (unpaired) electrons. The molecule has 23 heavy (non-hydrogen) atoms. The van der Waals surface area contributed by atoms with E-state index in [0.29, 0.717) is 32.8 Å². The molecule has 0 fully saturated rings. The molecule has 0 aromatic heterocycles. The number of hydrogen-bond acceptors (Lipinski definition) is 2. The van der Waals surface area contributed by atoms with Crippen LogP contribution in [0.4, 0.5) is 0 Å². The maximum atomic E-state index is 12.8. The zero-order chi connectivity index (χ0) is 16.0. The summed E-state index contributed by atoms with van der Waals surface area (Å²) < 4.78 is 0. The maximum Gasteiger partial charge on any atom is 0.193 e. The quantitative estimate of drug-likeness (QED) is 0.730. The number of carbonyl (C=O) groups excluding carboxylic acids is 1. The molecular weight excluding hydrogens is 308 g/mol. The second-order valence-corrected chi connectivity index (χ2v) is 6.02. The number of fused-ring (bicyclic) bond motifs is 2. The van der Waals surface area contributed by atoms with Gasteiger partial charge >= 0.3 is 0 Å². The molecule has 0 saturated heterocycles. The van der Waals surface area contributed by atoms with Crippen molar-refractivity contribution >= 4 is 17.4 Å². The predicted molar refractivity (Wildman–Crippen MR) is 89.9 cm³/mol. The van der Waals surface area contributed by atoms with Gasteiger partial charge in [-0.2, -0.15) is 0 Å². The average molecular weight is 321 g/mol. The van der Waals surface area contributed by atoms with Crippen molar-refractivity contribution in [2.24, 2.45) is 0 Å². The normalized spacial score (nSPS) is 19.1. The van der Waals surface area contributed by atoms with Gasteiger partial charge in [-0.15, -0.1) is 0 Å². The van der Waals surface area contributed by atoms with Crippen molar-refractivity contribution in [2.75, 3.05) is 0 Å². The van der Waals surface area contributed by atoms with E-state index in [0.717, 1.165) is 0 Å². The molecule has 0 amide bonds. The summed E-state index contributed by atoms with van der Waals surface area (Å²) in [5, 5.41) is 12.1. The lowest BCUT2D eigenvalue weighted by molar-refractivity contribution is 0.0950. The molecule has 3 aromatic carbocycles. The van der Waals surface area contributed by atoms with Crippen LogP contribution in [0, 0.1) is 0 Å². The molecule has 1 atom stereocenters. The molecule has 112 valence electrons. The molecule has 3 aromatic rings. The topological polar surface area (TPSA) is 37.3 Å². The largest absolute Gasteiger partial charge is 0.376 e. The van der Waals surface area contributed by atoms with E-state index in [-0.39, 0.29) is 5.78 Å². The van der Waals surface area contributed by atoms with Crippen molar-refractivity contribution in [3.63, 3.8) is 0 Å². The summed E-state index contributed by atoms with van der Waals surface area (Å²) in [5.41, 5.74) is 1.22. The third kappa shape index (κ3) is 1.89. The molecule has 0 aliphatic heterocycles. The van der Waals surface area contributed by atoms with E-state index in [9.17, 15) is 9.90 Å². The van der Waals surface area contributed by atoms with Gasteiger partial charge in [0.05, 0.1) is 0 Å². The SMILES string of the molecule is O=C1c2ccccc2[C@](O)(c2ccccc2)c2c(Cl)cccc21. The Bertz CT molecular complexity index is 918. The van der Waals surface area contributed by atoms with Crippen LogP contribution in [0.3, 0.4) is 0 Å². The first-order chi connectivity index (χ1) is 11.1. The molecule has 0 saturated carbocycles. The molecule has 4 rings (SSSR count). The van der Waals surface area contributed by atoms with Crippen LogP contribution < -0.4 is 0 Å². The molecular formula is C20H13ClO2. The summed E-state index contributed by atoms with van der Waals surface area (Å²) in [6.45, 7) is 0. The Kier molecular flexibility index (Phi) is 3.12. The van der Waals surface area contributed by atoms with Crippen molar-refractivity contribution in [1.29, 1.82) is 0 Å². The third-order valence-electron chi connectivity index (χ3n) is 4.37. The third-order valence-corrected chi connectivity index (χ3v) is 4.69. The van der Waals surface area contributed by atoms with Crippen LogP contribution >= 0.6 is 11.6 Å². The number of halogens is 1. The molecule has 2 nitrogen and oxygen atoms in total. The number of ketones is 1. The fourth-order valence-corrected chi connectivity index (χ4v) is 3.65. The van der Waals surface area contributed by atoms with Gasteiger partial charge in [-0.25, -0.2) is 0 Å². The Morgan fingerprint density at radius 3 is 2.22 bits per heavy atom. The summed E-state index contributed by atoms with van der Waals surface area (Å²) in [6.07, 6.45) is 0. The van der Waals surface area contributed by atoms with E-state index in [1.54, 1.807) is 36.4 Å². The van der Waals surface area contributed by atoms with Gasteiger partial charge < -0.3 is 5.11 Å². The molecule has 0 bridgehead atoms. The van der Waals surface area contributed by atoms with E-state index in [2.05, 4.69) is 0 Å². The summed E-state index contributed by atoms with van der Waals surface area (Å²) in [6, 6.07) is 21.6. The highest BCUT2D eigenvalue weighted by Gasteiger charge is 2.44. The highest BCUT2D eigenvalue weighted by atomic mass is 35.5. The monoisotopic (exact) mass is 320 g/mol. The van der Waals surface area contributed by atoms with Crippen LogP contribution in [0.25, 0.3) is 0 Å². The van der Waals surface area contributed by atoms with Crippen LogP contribution in [-0.4, -0.2) is 10.9 Å². The number of carbonyl (C=O) groups is 1. The fourth-order valence-electron chi connectivity index (χ4n) is 3.34. The Labute approximate surface area is 139 Å².